The van der Waals surface area contributed by atoms with Crippen LogP contribution in [0.2, 0.25) is 5.02 Å². The van der Waals surface area contributed by atoms with Gasteiger partial charge < -0.3 is 9.15 Å². The van der Waals surface area contributed by atoms with E-state index in [4.69, 9.17) is 20.8 Å². The van der Waals surface area contributed by atoms with E-state index in [1.165, 1.54) is 6.39 Å². The molecule has 0 aliphatic carbocycles. The summed E-state index contributed by atoms with van der Waals surface area (Å²) in [6.45, 7) is 0.660. The number of rotatable bonds is 5. The van der Waals surface area contributed by atoms with Crippen molar-refractivity contribution in [1.82, 2.24) is 14.8 Å². The van der Waals surface area contributed by atoms with Gasteiger partial charge >= 0.3 is 5.97 Å². The number of ether oxygens (including phenoxy) is 1. The molecule has 3 rings (SSSR count). The predicted molar refractivity (Wildman–Crippen MR) is 79.5 cm³/mol. The molecule has 2 heterocycles. The van der Waals surface area contributed by atoms with E-state index in [1.807, 2.05) is 0 Å². The summed E-state index contributed by atoms with van der Waals surface area (Å²) in [7, 11) is 0. The molecule has 0 bridgehead atoms. The van der Waals surface area contributed by atoms with Gasteiger partial charge in [-0.15, -0.1) is 0 Å². The lowest BCUT2D eigenvalue weighted by Gasteiger charge is -2.05. The number of nitrogens with zero attached hydrogens (tertiary/aromatic N) is 3. The SMILES string of the molecule is O=C(OCCn1cccn1)c1ncoc1-c1ccccc1Cl. The largest absolute Gasteiger partial charge is 0.459 e. The van der Waals surface area contributed by atoms with E-state index in [0.717, 1.165) is 0 Å². The van der Waals surface area contributed by atoms with Gasteiger partial charge in [-0.05, 0) is 18.2 Å². The maximum absolute atomic E-state index is 12.1. The summed E-state index contributed by atoms with van der Waals surface area (Å²) in [6.07, 6.45) is 4.65. The molecule has 2 aromatic heterocycles. The molecule has 0 saturated carbocycles. The second-order valence-electron chi connectivity index (χ2n) is 4.41. The van der Waals surface area contributed by atoms with Gasteiger partial charge in [0.2, 0.25) is 0 Å². The fourth-order valence-corrected chi connectivity index (χ4v) is 2.18. The van der Waals surface area contributed by atoms with Crippen molar-refractivity contribution in [3.05, 3.63) is 59.8 Å². The quantitative estimate of drug-likeness (QED) is 0.676. The van der Waals surface area contributed by atoms with Crippen molar-refractivity contribution < 1.29 is 13.9 Å². The minimum atomic E-state index is -0.559. The zero-order chi connectivity index (χ0) is 15.4. The van der Waals surface area contributed by atoms with Crippen LogP contribution < -0.4 is 0 Å². The van der Waals surface area contributed by atoms with Crippen molar-refractivity contribution in [2.24, 2.45) is 0 Å². The van der Waals surface area contributed by atoms with Crippen LogP contribution >= 0.6 is 11.6 Å². The molecule has 0 spiro atoms. The van der Waals surface area contributed by atoms with Gasteiger partial charge in [0, 0.05) is 18.0 Å². The normalized spacial score (nSPS) is 10.6. The molecule has 6 nitrogen and oxygen atoms in total. The first-order valence-electron chi connectivity index (χ1n) is 6.58. The summed E-state index contributed by atoms with van der Waals surface area (Å²) < 4.78 is 12.2. The predicted octanol–water partition coefficient (Wildman–Crippen LogP) is 3.05. The topological polar surface area (TPSA) is 70.2 Å². The number of esters is 1. The van der Waals surface area contributed by atoms with Gasteiger partial charge in [0.25, 0.3) is 0 Å². The number of hydrogen-bond donors (Lipinski definition) is 0. The third-order valence-corrected chi connectivity index (χ3v) is 3.32. The van der Waals surface area contributed by atoms with Crippen LogP contribution in [0.25, 0.3) is 11.3 Å². The van der Waals surface area contributed by atoms with Crippen LogP contribution in [0.3, 0.4) is 0 Å². The first-order valence-corrected chi connectivity index (χ1v) is 6.96. The molecule has 7 heteroatoms. The third-order valence-electron chi connectivity index (χ3n) is 2.99. The average molecular weight is 318 g/mol. The molecule has 0 saturated heterocycles. The molecular formula is C15H12ClN3O3. The highest BCUT2D eigenvalue weighted by atomic mass is 35.5. The van der Waals surface area contributed by atoms with Crippen molar-refractivity contribution in [3.8, 4) is 11.3 Å². The smallest absolute Gasteiger partial charge is 0.361 e. The lowest BCUT2D eigenvalue weighted by molar-refractivity contribution is 0.0482. The summed E-state index contributed by atoms with van der Waals surface area (Å²) in [5.74, 6) is -0.259. The molecule has 0 amide bonds. The molecular weight excluding hydrogens is 306 g/mol. The Balaban J connectivity index is 1.71. The molecule has 112 valence electrons. The summed E-state index contributed by atoms with van der Waals surface area (Å²) >= 11 is 6.11. The molecule has 0 fully saturated rings. The molecule has 0 aliphatic heterocycles. The summed E-state index contributed by atoms with van der Waals surface area (Å²) in [5, 5.41) is 4.50. The molecule has 1 aromatic carbocycles. The Kier molecular flexibility index (Phi) is 4.20. The number of hydrogen-bond acceptors (Lipinski definition) is 5. The van der Waals surface area contributed by atoms with Crippen molar-refractivity contribution in [1.29, 1.82) is 0 Å². The van der Waals surface area contributed by atoms with Gasteiger partial charge in [0.15, 0.2) is 17.8 Å². The lowest BCUT2D eigenvalue weighted by atomic mass is 10.1. The summed E-state index contributed by atoms with van der Waals surface area (Å²) in [5.41, 5.74) is 0.703. The fourth-order valence-electron chi connectivity index (χ4n) is 1.96. The van der Waals surface area contributed by atoms with E-state index in [2.05, 4.69) is 10.1 Å². The monoisotopic (exact) mass is 317 g/mol. The highest BCUT2D eigenvalue weighted by molar-refractivity contribution is 6.33. The van der Waals surface area contributed by atoms with Crippen LogP contribution in [0, 0.1) is 0 Å². The Morgan fingerprint density at radius 3 is 2.95 bits per heavy atom. The van der Waals surface area contributed by atoms with Gasteiger partial charge in [0.1, 0.15) is 6.61 Å². The number of aromatic nitrogens is 3. The fraction of sp³-hybridized carbons (Fsp3) is 0.133. The molecule has 3 aromatic rings. The molecule has 0 atom stereocenters. The number of benzene rings is 1. The number of oxazole rings is 1. The minimum Gasteiger partial charge on any atom is -0.459 e. The Hall–Kier alpha value is -2.60. The van der Waals surface area contributed by atoms with Crippen molar-refractivity contribution in [2.75, 3.05) is 6.61 Å². The van der Waals surface area contributed by atoms with E-state index >= 15 is 0 Å². The Labute approximate surface area is 131 Å². The Morgan fingerprint density at radius 2 is 2.18 bits per heavy atom. The lowest BCUT2D eigenvalue weighted by Crippen LogP contribution is -2.12. The van der Waals surface area contributed by atoms with E-state index in [9.17, 15) is 4.79 Å². The number of carbonyl (C=O) groups is 1. The maximum atomic E-state index is 12.1. The Morgan fingerprint density at radius 1 is 1.32 bits per heavy atom. The molecule has 22 heavy (non-hydrogen) atoms. The van der Waals surface area contributed by atoms with Gasteiger partial charge in [-0.3, -0.25) is 4.68 Å². The second kappa shape index (κ2) is 6.44. The average Bonchev–Trinajstić information content (AvgIpc) is 3.18. The standard InChI is InChI=1S/C15H12ClN3O3/c16-12-5-2-1-4-11(12)14-13(17-10-22-14)15(20)21-9-8-19-7-3-6-18-19/h1-7,10H,8-9H2. The maximum Gasteiger partial charge on any atom is 0.361 e. The van der Waals surface area contributed by atoms with Gasteiger partial charge in [-0.25, -0.2) is 9.78 Å². The van der Waals surface area contributed by atoms with E-state index in [0.29, 0.717) is 22.9 Å². The number of carbonyl (C=O) groups excluding carboxylic acids is 1. The van der Waals surface area contributed by atoms with Gasteiger partial charge in [0.05, 0.1) is 11.6 Å². The summed E-state index contributed by atoms with van der Waals surface area (Å²) in [4.78, 5) is 16.0. The van der Waals surface area contributed by atoms with Crippen LogP contribution in [0.1, 0.15) is 10.5 Å². The van der Waals surface area contributed by atoms with Gasteiger partial charge in [-0.2, -0.15) is 5.10 Å². The van der Waals surface area contributed by atoms with Crippen molar-refractivity contribution >= 4 is 17.6 Å². The zero-order valence-electron chi connectivity index (χ0n) is 11.5. The van der Waals surface area contributed by atoms with E-state index in [-0.39, 0.29) is 12.3 Å². The first-order chi connectivity index (χ1) is 10.8. The van der Waals surface area contributed by atoms with Crippen molar-refractivity contribution in [2.45, 2.75) is 6.54 Å². The van der Waals surface area contributed by atoms with E-state index < -0.39 is 5.97 Å². The van der Waals surface area contributed by atoms with Crippen LogP contribution in [0.5, 0.6) is 0 Å². The number of halogens is 1. The molecule has 0 unspecified atom stereocenters. The molecule has 0 N–H and O–H groups in total. The third kappa shape index (κ3) is 3.01. The van der Waals surface area contributed by atoms with Crippen LogP contribution in [-0.2, 0) is 11.3 Å². The Bertz CT molecular complexity index is 768. The molecule has 0 aliphatic rings. The zero-order valence-corrected chi connectivity index (χ0v) is 12.2. The van der Waals surface area contributed by atoms with Crippen LogP contribution in [0.15, 0.2) is 53.5 Å². The van der Waals surface area contributed by atoms with E-state index in [1.54, 1.807) is 47.4 Å². The van der Waals surface area contributed by atoms with Gasteiger partial charge in [-0.1, -0.05) is 23.7 Å². The highest BCUT2D eigenvalue weighted by Gasteiger charge is 2.21. The first kappa shape index (κ1) is 14.3. The summed E-state index contributed by atoms with van der Waals surface area (Å²) in [6, 6.07) is 8.87. The van der Waals surface area contributed by atoms with Crippen LogP contribution in [-0.4, -0.2) is 27.3 Å². The second-order valence-corrected chi connectivity index (χ2v) is 4.82. The highest BCUT2D eigenvalue weighted by Crippen LogP contribution is 2.30. The molecule has 0 radical (unpaired) electrons. The van der Waals surface area contributed by atoms with Crippen molar-refractivity contribution in [3.63, 3.8) is 0 Å². The van der Waals surface area contributed by atoms with Crippen LogP contribution in [0.4, 0.5) is 0 Å². The minimum absolute atomic E-state index is 0.105.